The number of anilines is 1. The van der Waals surface area contributed by atoms with Crippen LogP contribution in [-0.4, -0.2) is 18.2 Å². The molecule has 1 rings (SSSR count). The summed E-state index contributed by atoms with van der Waals surface area (Å²) in [4.78, 5) is 23.4. The van der Waals surface area contributed by atoms with Crippen LogP contribution in [0.15, 0.2) is 0 Å². The minimum Gasteiger partial charge on any atom is -0.390 e. The molecule has 0 saturated carbocycles. The maximum Gasteiger partial charge on any atom is 0.261 e. The summed E-state index contributed by atoms with van der Waals surface area (Å²) in [6.45, 7) is 5.60. The van der Waals surface area contributed by atoms with Crippen LogP contribution >= 0.6 is 11.3 Å². The van der Waals surface area contributed by atoms with E-state index in [2.05, 4.69) is 5.32 Å². The molecule has 0 unspecified atom stereocenters. The lowest BCUT2D eigenvalue weighted by molar-refractivity contribution is 0.0959. The minimum absolute atomic E-state index is 0.100. The molecule has 3 N–H and O–H groups in total. The zero-order valence-electron chi connectivity index (χ0n) is 9.01. The quantitative estimate of drug-likeness (QED) is 0.769. The molecule has 0 bridgehead atoms. The molecule has 0 spiro atoms. The summed E-state index contributed by atoms with van der Waals surface area (Å²) in [6.07, 6.45) is 0. The monoisotopic (exact) mass is 226 g/mol. The minimum atomic E-state index is -0.167. The first-order chi connectivity index (χ1) is 6.99. The van der Waals surface area contributed by atoms with E-state index in [1.54, 1.807) is 6.92 Å². The van der Waals surface area contributed by atoms with Gasteiger partial charge in [0.25, 0.3) is 5.91 Å². The number of carbonyl (C=O) groups excluding carboxylic acids is 2. The molecule has 1 heterocycles. The van der Waals surface area contributed by atoms with E-state index in [-0.39, 0.29) is 11.7 Å². The van der Waals surface area contributed by atoms with Crippen molar-refractivity contribution >= 4 is 28.0 Å². The number of nitrogens with two attached hydrogens (primary N) is 1. The lowest BCUT2D eigenvalue weighted by Gasteiger charge is -2.00. The van der Waals surface area contributed by atoms with E-state index >= 15 is 0 Å². The number of hydrogen-bond acceptors (Lipinski definition) is 4. The number of thiophene rings is 1. The number of hydrogen-bond donors (Lipinski definition) is 2. The molecule has 0 aliphatic carbocycles. The van der Waals surface area contributed by atoms with Crippen molar-refractivity contribution in [2.45, 2.75) is 20.8 Å². The fraction of sp³-hybridized carbons (Fsp3) is 0.400. The molecule has 0 fully saturated rings. The van der Waals surface area contributed by atoms with Gasteiger partial charge in [-0.15, -0.1) is 11.3 Å². The highest BCUT2D eigenvalue weighted by Gasteiger charge is 2.20. The van der Waals surface area contributed by atoms with Gasteiger partial charge in [0.05, 0.1) is 15.4 Å². The topological polar surface area (TPSA) is 72.2 Å². The van der Waals surface area contributed by atoms with Crippen LogP contribution in [0.25, 0.3) is 0 Å². The highest BCUT2D eigenvalue weighted by Crippen LogP contribution is 2.30. The van der Waals surface area contributed by atoms with Crippen molar-refractivity contribution < 1.29 is 9.59 Å². The third-order valence-electron chi connectivity index (χ3n) is 2.07. The molecule has 4 nitrogen and oxygen atoms in total. The van der Waals surface area contributed by atoms with Gasteiger partial charge < -0.3 is 11.1 Å². The van der Waals surface area contributed by atoms with Gasteiger partial charge in [0, 0.05) is 6.54 Å². The van der Waals surface area contributed by atoms with Gasteiger partial charge in [0.15, 0.2) is 5.78 Å². The van der Waals surface area contributed by atoms with Crippen molar-refractivity contribution in [1.82, 2.24) is 5.32 Å². The van der Waals surface area contributed by atoms with Gasteiger partial charge in [0.1, 0.15) is 0 Å². The molecule has 0 radical (unpaired) electrons. The van der Waals surface area contributed by atoms with E-state index < -0.39 is 0 Å². The van der Waals surface area contributed by atoms with Crippen molar-refractivity contribution in [1.29, 1.82) is 0 Å². The predicted molar refractivity (Wildman–Crippen MR) is 61.5 cm³/mol. The predicted octanol–water partition coefficient (Wildman–Crippen LogP) is 1.59. The van der Waals surface area contributed by atoms with E-state index in [4.69, 9.17) is 5.73 Å². The second-order valence-corrected chi connectivity index (χ2v) is 4.26. The summed E-state index contributed by atoms with van der Waals surface area (Å²) in [7, 11) is 0. The highest BCUT2D eigenvalue weighted by molar-refractivity contribution is 7.18. The fourth-order valence-corrected chi connectivity index (χ4v) is 2.47. The van der Waals surface area contributed by atoms with E-state index in [1.165, 1.54) is 6.92 Å². The summed E-state index contributed by atoms with van der Waals surface area (Å²) in [6, 6.07) is 0. The summed E-state index contributed by atoms with van der Waals surface area (Å²) < 4.78 is 0. The lowest BCUT2D eigenvalue weighted by atomic mass is 10.1. The molecule has 1 aromatic rings. The maximum absolute atomic E-state index is 11.6. The van der Waals surface area contributed by atoms with Crippen molar-refractivity contribution in [3.63, 3.8) is 0 Å². The molecule has 0 atom stereocenters. The zero-order valence-corrected chi connectivity index (χ0v) is 9.83. The Morgan fingerprint density at radius 1 is 1.47 bits per heavy atom. The van der Waals surface area contributed by atoms with Gasteiger partial charge in [-0.1, -0.05) is 0 Å². The molecule has 1 aromatic heterocycles. The Kier molecular flexibility index (Phi) is 3.47. The van der Waals surface area contributed by atoms with Crippen LogP contribution < -0.4 is 11.1 Å². The molecule has 0 aliphatic heterocycles. The number of Topliss-reactive ketones (excluding diaryl/α,β-unsaturated/α-hetero) is 1. The van der Waals surface area contributed by atoms with Crippen molar-refractivity contribution in [2.75, 3.05) is 12.3 Å². The Balaban J connectivity index is 3.17. The summed E-state index contributed by atoms with van der Waals surface area (Å²) in [5.41, 5.74) is 6.84. The van der Waals surface area contributed by atoms with E-state index in [0.29, 0.717) is 27.5 Å². The first-order valence-corrected chi connectivity index (χ1v) is 5.48. The van der Waals surface area contributed by atoms with Crippen LogP contribution in [0, 0.1) is 6.92 Å². The molecule has 82 valence electrons. The van der Waals surface area contributed by atoms with E-state index in [1.807, 2.05) is 6.92 Å². The van der Waals surface area contributed by atoms with Crippen LogP contribution in [0.1, 0.15) is 39.4 Å². The highest BCUT2D eigenvalue weighted by atomic mass is 32.1. The van der Waals surface area contributed by atoms with Crippen molar-refractivity contribution in [3.05, 3.63) is 16.0 Å². The van der Waals surface area contributed by atoms with Gasteiger partial charge in [-0.05, 0) is 26.3 Å². The summed E-state index contributed by atoms with van der Waals surface area (Å²) in [5.74, 6) is -0.268. The van der Waals surface area contributed by atoms with Crippen molar-refractivity contribution in [2.24, 2.45) is 0 Å². The first kappa shape index (κ1) is 11.7. The second kappa shape index (κ2) is 4.44. The SMILES string of the molecule is CCNC(=O)c1sc(N)c(C(C)=O)c1C. The van der Waals surface area contributed by atoms with Crippen LogP contribution in [0.2, 0.25) is 0 Å². The molecule has 15 heavy (non-hydrogen) atoms. The van der Waals surface area contributed by atoms with E-state index in [9.17, 15) is 9.59 Å². The largest absolute Gasteiger partial charge is 0.390 e. The number of carbonyl (C=O) groups is 2. The average molecular weight is 226 g/mol. The van der Waals surface area contributed by atoms with E-state index in [0.717, 1.165) is 11.3 Å². The molecule has 0 aromatic carbocycles. The number of rotatable bonds is 3. The van der Waals surface area contributed by atoms with Crippen LogP contribution in [0.4, 0.5) is 5.00 Å². The summed E-state index contributed by atoms with van der Waals surface area (Å²) >= 11 is 1.16. The molecule has 1 amide bonds. The molecule has 5 heteroatoms. The Morgan fingerprint density at radius 3 is 2.47 bits per heavy atom. The first-order valence-electron chi connectivity index (χ1n) is 4.67. The third kappa shape index (κ3) is 2.18. The molecular weight excluding hydrogens is 212 g/mol. The summed E-state index contributed by atoms with van der Waals surface area (Å²) in [5, 5.41) is 3.10. The molecule has 0 saturated heterocycles. The van der Waals surface area contributed by atoms with Gasteiger partial charge in [-0.25, -0.2) is 0 Å². The number of ketones is 1. The van der Waals surface area contributed by atoms with Crippen LogP contribution in [0.3, 0.4) is 0 Å². The van der Waals surface area contributed by atoms with Gasteiger partial charge in [0.2, 0.25) is 0 Å². The van der Waals surface area contributed by atoms with Crippen molar-refractivity contribution in [3.8, 4) is 0 Å². The Morgan fingerprint density at radius 2 is 2.07 bits per heavy atom. The second-order valence-electron chi connectivity index (χ2n) is 3.21. The lowest BCUT2D eigenvalue weighted by Crippen LogP contribution is -2.22. The Labute approximate surface area is 92.5 Å². The fourth-order valence-electron chi connectivity index (χ4n) is 1.43. The van der Waals surface area contributed by atoms with Gasteiger partial charge >= 0.3 is 0 Å². The third-order valence-corrected chi connectivity index (χ3v) is 3.19. The Bertz CT molecular complexity index is 410. The normalized spacial score (nSPS) is 10.1. The number of nitrogens with one attached hydrogen (secondary N) is 1. The van der Waals surface area contributed by atoms with Crippen LogP contribution in [0.5, 0.6) is 0 Å². The molecule has 0 aliphatic rings. The zero-order chi connectivity index (χ0) is 11.6. The van der Waals surface area contributed by atoms with Gasteiger partial charge in [-0.2, -0.15) is 0 Å². The molecular formula is C10H14N2O2S. The number of amides is 1. The average Bonchev–Trinajstić information content (AvgIpc) is 2.42. The smallest absolute Gasteiger partial charge is 0.261 e. The maximum atomic E-state index is 11.6. The van der Waals surface area contributed by atoms with Gasteiger partial charge in [-0.3, -0.25) is 9.59 Å². The van der Waals surface area contributed by atoms with Crippen LogP contribution in [-0.2, 0) is 0 Å². The standard InChI is InChI=1S/C10H14N2O2S/c1-4-12-10(14)8-5(2)7(6(3)13)9(11)15-8/h4,11H2,1-3H3,(H,12,14). The number of nitrogen functional groups attached to an aromatic ring is 1. The Hall–Kier alpha value is -1.36.